The Morgan fingerprint density at radius 2 is 1.62 bits per heavy atom. The summed E-state index contributed by atoms with van der Waals surface area (Å²) in [6, 6.07) is 18.7. The Morgan fingerprint density at radius 1 is 0.958 bits per heavy atom. The predicted molar refractivity (Wildman–Crippen MR) is 90.8 cm³/mol. The smallest absolute Gasteiger partial charge is 0.303 e. The molecule has 2 heterocycles. The van der Waals surface area contributed by atoms with Gasteiger partial charge in [-0.1, -0.05) is 41.6 Å². The van der Waals surface area contributed by atoms with Gasteiger partial charge in [0.15, 0.2) is 11.2 Å². The molecule has 0 radical (unpaired) electrons. The SMILES string of the molecule is Nn1c(Nc2ccccc2)nc2c(nnn2-c2ccccc2)c1=O. The van der Waals surface area contributed by atoms with Crippen molar-refractivity contribution in [2.75, 3.05) is 11.2 Å². The van der Waals surface area contributed by atoms with E-state index in [9.17, 15) is 4.79 Å². The zero-order valence-corrected chi connectivity index (χ0v) is 12.5. The molecule has 0 saturated carbocycles. The third-order valence-corrected chi connectivity index (χ3v) is 3.54. The number of nitrogens with two attached hydrogens (primary N) is 1. The average Bonchev–Trinajstić information content (AvgIpc) is 3.05. The van der Waals surface area contributed by atoms with Crippen molar-refractivity contribution in [1.82, 2.24) is 24.7 Å². The van der Waals surface area contributed by atoms with Crippen LogP contribution in [-0.2, 0) is 0 Å². The number of benzene rings is 2. The molecule has 8 nitrogen and oxygen atoms in total. The molecule has 0 saturated heterocycles. The third-order valence-electron chi connectivity index (χ3n) is 3.54. The lowest BCUT2D eigenvalue weighted by Crippen LogP contribution is -2.30. The standard InChI is InChI=1S/C16H13N7O/c17-22-15(24)13-14(19-16(22)18-11-7-3-1-4-8-11)23(21-20-13)12-9-5-2-6-10-12/h1-10H,17H2,(H,18,19). The molecule has 0 fully saturated rings. The van der Waals surface area contributed by atoms with Gasteiger partial charge >= 0.3 is 5.56 Å². The zero-order chi connectivity index (χ0) is 16.5. The second-order valence-electron chi connectivity index (χ2n) is 5.11. The highest BCUT2D eigenvalue weighted by molar-refractivity contribution is 5.73. The van der Waals surface area contributed by atoms with Crippen molar-refractivity contribution >= 4 is 22.8 Å². The highest BCUT2D eigenvalue weighted by Crippen LogP contribution is 2.16. The molecule has 24 heavy (non-hydrogen) atoms. The van der Waals surface area contributed by atoms with Gasteiger partial charge in [-0.2, -0.15) is 14.3 Å². The normalized spacial score (nSPS) is 10.8. The van der Waals surface area contributed by atoms with Crippen molar-refractivity contribution in [3.63, 3.8) is 0 Å². The van der Waals surface area contributed by atoms with Crippen molar-refractivity contribution in [1.29, 1.82) is 0 Å². The van der Waals surface area contributed by atoms with E-state index in [1.807, 2.05) is 60.7 Å². The molecule has 8 heteroatoms. The van der Waals surface area contributed by atoms with Crippen molar-refractivity contribution in [3.05, 3.63) is 71.0 Å². The van der Waals surface area contributed by atoms with E-state index in [-0.39, 0.29) is 11.5 Å². The van der Waals surface area contributed by atoms with Crippen LogP contribution in [0.3, 0.4) is 0 Å². The first kappa shape index (κ1) is 13.9. The molecule has 0 aliphatic rings. The van der Waals surface area contributed by atoms with Gasteiger partial charge in [0.25, 0.3) is 0 Å². The van der Waals surface area contributed by atoms with Crippen LogP contribution in [0.25, 0.3) is 16.9 Å². The number of anilines is 2. The van der Waals surface area contributed by atoms with Crippen molar-refractivity contribution in [2.45, 2.75) is 0 Å². The van der Waals surface area contributed by atoms with Crippen LogP contribution in [0.5, 0.6) is 0 Å². The highest BCUT2D eigenvalue weighted by atomic mass is 16.1. The maximum absolute atomic E-state index is 12.4. The number of hydrogen-bond acceptors (Lipinski definition) is 6. The molecule has 3 N–H and O–H groups in total. The van der Waals surface area contributed by atoms with E-state index < -0.39 is 5.56 Å². The Bertz CT molecular complexity index is 1050. The van der Waals surface area contributed by atoms with Crippen LogP contribution in [0.1, 0.15) is 0 Å². The van der Waals surface area contributed by atoms with E-state index in [4.69, 9.17) is 5.84 Å². The van der Waals surface area contributed by atoms with Gasteiger partial charge in [-0.3, -0.25) is 4.79 Å². The lowest BCUT2D eigenvalue weighted by molar-refractivity contribution is 0.817. The second-order valence-corrected chi connectivity index (χ2v) is 5.11. The van der Waals surface area contributed by atoms with Crippen molar-refractivity contribution in [2.24, 2.45) is 0 Å². The number of rotatable bonds is 3. The fraction of sp³-hybridized carbons (Fsp3) is 0. The van der Waals surface area contributed by atoms with Crippen LogP contribution in [0.15, 0.2) is 65.5 Å². The molecule has 0 aliphatic carbocycles. The Hall–Kier alpha value is -3.68. The van der Waals surface area contributed by atoms with E-state index in [0.29, 0.717) is 5.65 Å². The van der Waals surface area contributed by atoms with E-state index in [1.165, 1.54) is 4.68 Å². The van der Waals surface area contributed by atoms with Crippen LogP contribution >= 0.6 is 0 Å². The summed E-state index contributed by atoms with van der Waals surface area (Å²) in [7, 11) is 0. The van der Waals surface area contributed by atoms with Crippen LogP contribution in [0.4, 0.5) is 11.6 Å². The lowest BCUT2D eigenvalue weighted by atomic mass is 10.3. The maximum atomic E-state index is 12.4. The summed E-state index contributed by atoms with van der Waals surface area (Å²) in [5.41, 5.74) is 1.50. The Kier molecular flexibility index (Phi) is 3.20. The number of para-hydroxylation sites is 2. The second kappa shape index (κ2) is 5.51. The molecular formula is C16H13N7O. The minimum Gasteiger partial charge on any atom is -0.333 e. The zero-order valence-electron chi connectivity index (χ0n) is 12.5. The van der Waals surface area contributed by atoms with E-state index in [0.717, 1.165) is 16.1 Å². The summed E-state index contributed by atoms with van der Waals surface area (Å²) in [6.45, 7) is 0. The summed E-state index contributed by atoms with van der Waals surface area (Å²) in [5.74, 6) is 6.05. The van der Waals surface area contributed by atoms with Gasteiger partial charge in [-0.25, -0.2) is 0 Å². The first-order chi connectivity index (χ1) is 11.7. The Labute approximate surface area is 136 Å². The van der Waals surface area contributed by atoms with Gasteiger partial charge in [0.1, 0.15) is 0 Å². The fourth-order valence-electron chi connectivity index (χ4n) is 2.36. The first-order valence-corrected chi connectivity index (χ1v) is 7.25. The maximum Gasteiger partial charge on any atom is 0.303 e. The average molecular weight is 319 g/mol. The Morgan fingerprint density at radius 3 is 2.33 bits per heavy atom. The summed E-state index contributed by atoms with van der Waals surface area (Å²) in [4.78, 5) is 16.9. The van der Waals surface area contributed by atoms with Gasteiger partial charge in [0, 0.05) is 5.69 Å². The van der Waals surface area contributed by atoms with Crippen LogP contribution < -0.4 is 16.7 Å². The number of nitrogens with zero attached hydrogens (tertiary/aromatic N) is 5. The minimum absolute atomic E-state index is 0.111. The van der Waals surface area contributed by atoms with Gasteiger partial charge < -0.3 is 11.2 Å². The van der Waals surface area contributed by atoms with Crippen molar-refractivity contribution < 1.29 is 0 Å². The molecule has 0 amide bonds. The van der Waals surface area contributed by atoms with Crippen LogP contribution in [0, 0.1) is 0 Å². The number of nitrogens with one attached hydrogen (secondary N) is 1. The molecule has 2 aromatic carbocycles. The molecule has 118 valence electrons. The summed E-state index contributed by atoms with van der Waals surface area (Å²) < 4.78 is 2.44. The monoisotopic (exact) mass is 319 g/mol. The van der Waals surface area contributed by atoms with Gasteiger partial charge in [-0.05, 0) is 24.3 Å². The molecule has 0 bridgehead atoms. The molecule has 0 unspecified atom stereocenters. The minimum atomic E-state index is -0.472. The number of hydrogen-bond donors (Lipinski definition) is 2. The lowest BCUT2D eigenvalue weighted by Gasteiger charge is -2.09. The first-order valence-electron chi connectivity index (χ1n) is 7.25. The molecule has 0 atom stereocenters. The van der Waals surface area contributed by atoms with Crippen molar-refractivity contribution in [3.8, 4) is 5.69 Å². The quantitative estimate of drug-likeness (QED) is 0.554. The van der Waals surface area contributed by atoms with Crippen LogP contribution in [0.2, 0.25) is 0 Å². The van der Waals surface area contributed by atoms with Crippen LogP contribution in [-0.4, -0.2) is 24.7 Å². The van der Waals surface area contributed by atoms with E-state index >= 15 is 0 Å². The summed E-state index contributed by atoms with van der Waals surface area (Å²) in [5, 5.41) is 11.0. The van der Waals surface area contributed by atoms with E-state index in [2.05, 4.69) is 20.6 Å². The van der Waals surface area contributed by atoms with Gasteiger partial charge in [0.2, 0.25) is 5.95 Å². The predicted octanol–water partition coefficient (Wildman–Crippen LogP) is 1.43. The molecule has 2 aromatic heterocycles. The van der Waals surface area contributed by atoms with Gasteiger partial charge in [0.05, 0.1) is 5.69 Å². The van der Waals surface area contributed by atoms with E-state index in [1.54, 1.807) is 0 Å². The fourth-order valence-corrected chi connectivity index (χ4v) is 2.36. The third kappa shape index (κ3) is 2.26. The molecule has 0 spiro atoms. The Balaban J connectivity index is 1.90. The van der Waals surface area contributed by atoms with Gasteiger partial charge in [-0.15, -0.1) is 5.10 Å². The number of nitrogen functional groups attached to an aromatic ring is 1. The largest absolute Gasteiger partial charge is 0.333 e. The number of aromatic nitrogens is 5. The highest BCUT2D eigenvalue weighted by Gasteiger charge is 2.16. The molecular weight excluding hydrogens is 306 g/mol. The number of fused-ring (bicyclic) bond motifs is 1. The summed E-state index contributed by atoms with van der Waals surface area (Å²) in [6.07, 6.45) is 0. The molecule has 4 rings (SSSR count). The topological polar surface area (TPSA) is 104 Å². The molecule has 4 aromatic rings. The summed E-state index contributed by atoms with van der Waals surface area (Å²) >= 11 is 0. The molecule has 0 aliphatic heterocycles.